The van der Waals surface area contributed by atoms with Crippen molar-refractivity contribution in [2.45, 2.75) is 181 Å². The van der Waals surface area contributed by atoms with Gasteiger partial charge in [0, 0.05) is 124 Å². The number of hydrogen-bond donors (Lipinski definition) is 0. The normalized spacial score (nSPS) is 13.2. The summed E-state index contributed by atoms with van der Waals surface area (Å²) in [6.45, 7) is 27.3. The molecule has 0 bridgehead atoms. The topological polar surface area (TPSA) is 168 Å². The summed E-state index contributed by atoms with van der Waals surface area (Å²) in [5.41, 5.74) is 39.6. The van der Waals surface area contributed by atoms with Crippen molar-refractivity contribution in [2.75, 3.05) is 0 Å². The molecule has 0 saturated heterocycles. The molecular formula is C129H121N13. The molecule has 13 heteroatoms. The Kier molecular flexibility index (Phi) is 28.2. The van der Waals surface area contributed by atoms with E-state index in [4.69, 9.17) is 24.9 Å². The smallest absolute Gasteiger partial charge is 0.160 e. The van der Waals surface area contributed by atoms with Crippen LogP contribution in [0, 0.1) is 0 Å². The van der Waals surface area contributed by atoms with Gasteiger partial charge in [0.2, 0.25) is 0 Å². The lowest BCUT2D eigenvalue weighted by Crippen LogP contribution is -2.16. The van der Waals surface area contributed by atoms with Crippen LogP contribution in [0.1, 0.15) is 193 Å². The summed E-state index contributed by atoms with van der Waals surface area (Å²) in [7, 11) is 0. The molecule has 0 N–H and O–H groups in total. The first-order chi connectivity index (χ1) is 68.8. The highest BCUT2D eigenvalue weighted by molar-refractivity contribution is 5.87. The fourth-order valence-electron chi connectivity index (χ4n) is 19.2. The van der Waals surface area contributed by atoms with Crippen LogP contribution in [0.25, 0.3) is 179 Å². The molecule has 2 aliphatic rings. The number of aromatic nitrogens is 13. The van der Waals surface area contributed by atoms with Gasteiger partial charge in [-0.3, -0.25) is 19.9 Å². The van der Waals surface area contributed by atoms with Crippen LogP contribution < -0.4 is 0 Å². The standard InChI is InChI=1S/C49H45N5.C41H39N3.C39H37N5/c1-4-11-34(12-5-1)40-23-41(35-13-6-2-7-14-35)25-42(24-40)43-26-44(46-31-51-33-52-32-46)28-45(27-43)48-29-47(37-15-8-3-9-16-37)53-49(54-48)38-20-18-36(19-21-38)39-17-10-22-50-30-39;1-40(2,3)36-20-32(21-37(24-36)41(4,5)6)30-17-31(35-25-42-27-43-26-35)19-34(18-30)39-23-33(28-13-9-7-10-14-28)22-38(44-39)29-15-11-8-12-16-29;1-38(2,3)33-21-30(22-34(23-33)39(4,5)6)29-18-31(36-25-41-16-17-42-36)20-32(19-29)37-43-15-13-35(44-37)27-11-9-26(10-12-27)28-8-7-14-40-24-28/h3,8-10,15-35H,1-2,4-7,11-14H2;7-27H,1-6H3;7-25H,1-6H3. The Morgan fingerprint density at radius 2 is 0.507 bits per heavy atom. The van der Waals surface area contributed by atoms with Gasteiger partial charge in [-0.2, -0.15) is 0 Å². The minimum atomic E-state index is 0.00533. The van der Waals surface area contributed by atoms with E-state index in [1.54, 1.807) is 43.6 Å². The van der Waals surface area contributed by atoms with Crippen LogP contribution in [0.4, 0.5) is 0 Å². The van der Waals surface area contributed by atoms with Crippen LogP contribution in [0.5, 0.6) is 0 Å². The summed E-state index contributed by atoms with van der Waals surface area (Å²) >= 11 is 0. The minimum Gasteiger partial charge on any atom is -0.264 e. The molecule has 8 heterocycles. The van der Waals surface area contributed by atoms with E-state index in [1.165, 1.54) is 114 Å². The number of rotatable bonds is 18. The lowest BCUT2D eigenvalue weighted by atomic mass is 9.78. The van der Waals surface area contributed by atoms with Crippen LogP contribution in [-0.4, -0.2) is 64.8 Å². The molecular weight excluding hydrogens is 1730 g/mol. The van der Waals surface area contributed by atoms with Gasteiger partial charge in [0.15, 0.2) is 11.6 Å². The number of pyridine rings is 3. The van der Waals surface area contributed by atoms with Gasteiger partial charge in [-0.15, -0.1) is 0 Å². The zero-order chi connectivity index (χ0) is 97.9. The van der Waals surface area contributed by atoms with Crippen molar-refractivity contribution in [3.8, 4) is 179 Å². The number of nitrogens with zero attached hydrogens (tertiary/aromatic N) is 13. The highest BCUT2D eigenvalue weighted by Gasteiger charge is 2.28. The number of benzene rings is 11. The Morgan fingerprint density at radius 1 is 0.183 bits per heavy atom. The van der Waals surface area contributed by atoms with Crippen molar-refractivity contribution in [1.82, 2.24) is 64.8 Å². The Morgan fingerprint density at radius 3 is 0.937 bits per heavy atom. The third-order valence-electron chi connectivity index (χ3n) is 27.5. The van der Waals surface area contributed by atoms with Gasteiger partial charge in [-0.05, 0) is 261 Å². The zero-order valence-electron chi connectivity index (χ0n) is 83.4. The van der Waals surface area contributed by atoms with Gasteiger partial charge in [0.05, 0.1) is 40.4 Å². The van der Waals surface area contributed by atoms with Crippen molar-refractivity contribution < 1.29 is 0 Å². The molecule has 0 aliphatic heterocycles. The summed E-state index contributed by atoms with van der Waals surface area (Å²) in [4.78, 5) is 60.5. The molecule has 0 spiro atoms. The van der Waals surface area contributed by atoms with Crippen molar-refractivity contribution in [1.29, 1.82) is 0 Å². The molecule has 0 unspecified atom stereocenters. The van der Waals surface area contributed by atoms with Crippen molar-refractivity contribution >= 4 is 0 Å². The van der Waals surface area contributed by atoms with Crippen molar-refractivity contribution in [3.63, 3.8) is 0 Å². The van der Waals surface area contributed by atoms with Gasteiger partial charge in [-0.1, -0.05) is 328 Å². The highest BCUT2D eigenvalue weighted by atomic mass is 14.9. The molecule has 142 heavy (non-hydrogen) atoms. The van der Waals surface area contributed by atoms with Crippen LogP contribution in [0.15, 0.2) is 384 Å². The van der Waals surface area contributed by atoms with Crippen LogP contribution in [-0.2, 0) is 21.7 Å². The Bertz CT molecular complexity index is 7400. The SMILES string of the molecule is CC(C)(C)c1cc(-c2cc(-c3cnccn3)cc(-c3nccc(-c4ccc(-c5cccnc5)cc4)n3)c2)cc(C(C)(C)C)c1.CC(C)(C)c1cc(-c2cc(-c3cncnc3)cc(-c3cc(-c4ccccc4)cc(-c4ccccc4)n3)c2)cc(C(C)(C)C)c1.c1ccc(-c2cc(-c3cc(-c4cncnc4)cc(-c4cc(C5CCCCC5)cc(C5CCCCC5)c4)c3)nc(-c3ccc(-c4cccnc4)cc3)n2)cc1. The molecule has 2 aliphatic carbocycles. The largest absolute Gasteiger partial charge is 0.264 e. The van der Waals surface area contributed by atoms with E-state index in [1.807, 2.05) is 73.7 Å². The van der Waals surface area contributed by atoms with Gasteiger partial charge in [0.25, 0.3) is 0 Å². The Balaban J connectivity index is 0.000000136. The maximum Gasteiger partial charge on any atom is 0.160 e. The predicted octanol–water partition coefficient (Wildman–Crippen LogP) is 33.2. The monoisotopic (exact) mass is 1850 g/mol. The molecule has 0 amide bonds. The summed E-state index contributed by atoms with van der Waals surface area (Å²) in [5, 5.41) is 0. The summed E-state index contributed by atoms with van der Waals surface area (Å²) in [6.07, 6.45) is 38.3. The first-order valence-corrected chi connectivity index (χ1v) is 50.0. The summed E-state index contributed by atoms with van der Waals surface area (Å²) in [5.74, 6) is 2.62. The highest BCUT2D eigenvalue weighted by Crippen LogP contribution is 2.46. The zero-order valence-corrected chi connectivity index (χ0v) is 83.4. The van der Waals surface area contributed by atoms with E-state index in [-0.39, 0.29) is 21.7 Å². The van der Waals surface area contributed by atoms with Gasteiger partial charge >= 0.3 is 0 Å². The molecule has 2 fully saturated rings. The Hall–Kier alpha value is -15.7. The molecule has 0 atom stereocenters. The second-order valence-corrected chi connectivity index (χ2v) is 42.0. The average Bonchev–Trinajstić information content (AvgIpc) is 0.775. The molecule has 702 valence electrons. The van der Waals surface area contributed by atoms with Gasteiger partial charge in [-0.25, -0.2) is 44.9 Å². The predicted molar refractivity (Wildman–Crippen MR) is 584 cm³/mol. The van der Waals surface area contributed by atoms with Crippen LogP contribution in [0.2, 0.25) is 0 Å². The Labute approximate surface area is 837 Å². The quantitative estimate of drug-likeness (QED) is 0.0797. The average molecular weight is 1850 g/mol. The maximum atomic E-state index is 5.30. The third-order valence-corrected chi connectivity index (χ3v) is 27.5. The maximum absolute atomic E-state index is 5.30. The second kappa shape index (κ2) is 42.1. The molecule has 13 nitrogen and oxygen atoms in total. The third kappa shape index (κ3) is 23.0. The minimum absolute atomic E-state index is 0.00533. The van der Waals surface area contributed by atoms with Crippen molar-refractivity contribution in [3.05, 3.63) is 418 Å². The molecule has 21 rings (SSSR count). The van der Waals surface area contributed by atoms with E-state index < -0.39 is 0 Å². The number of hydrogen-bond acceptors (Lipinski definition) is 13. The second-order valence-electron chi connectivity index (χ2n) is 42.0. The van der Waals surface area contributed by atoms with E-state index in [9.17, 15) is 0 Å². The fourth-order valence-corrected chi connectivity index (χ4v) is 19.2. The molecule has 19 aromatic rings. The van der Waals surface area contributed by atoms with Crippen LogP contribution in [0.3, 0.4) is 0 Å². The molecule has 0 radical (unpaired) electrons. The first kappa shape index (κ1) is 95.2. The van der Waals surface area contributed by atoms with E-state index >= 15 is 0 Å². The van der Waals surface area contributed by atoms with Crippen LogP contribution >= 0.6 is 0 Å². The van der Waals surface area contributed by atoms with Gasteiger partial charge < -0.3 is 0 Å². The molecule has 2 saturated carbocycles. The van der Waals surface area contributed by atoms with E-state index in [2.05, 4.69) is 390 Å². The summed E-state index contributed by atoms with van der Waals surface area (Å²) in [6, 6.07) is 107. The van der Waals surface area contributed by atoms with Gasteiger partial charge in [0.1, 0.15) is 12.7 Å². The fraction of sp³-hybridized carbons (Fsp3) is 0.217. The lowest BCUT2D eigenvalue weighted by molar-refractivity contribution is 0.435. The van der Waals surface area contributed by atoms with E-state index in [0.717, 1.165) is 151 Å². The van der Waals surface area contributed by atoms with Crippen molar-refractivity contribution in [2.24, 2.45) is 0 Å². The first-order valence-electron chi connectivity index (χ1n) is 50.0. The molecule has 11 aromatic carbocycles. The molecule has 8 aromatic heterocycles. The lowest BCUT2D eigenvalue weighted by Gasteiger charge is -2.27. The summed E-state index contributed by atoms with van der Waals surface area (Å²) < 4.78 is 0. The van der Waals surface area contributed by atoms with E-state index in [0.29, 0.717) is 23.5 Å².